The molecule has 0 amide bonds. The Bertz CT molecular complexity index is 367. The number of halogens is 1. The SMILES string of the molecule is CCCNC1CC(C)Oc2cc(Br)ccc21. The molecule has 1 heterocycles. The summed E-state index contributed by atoms with van der Waals surface area (Å²) in [4.78, 5) is 0. The van der Waals surface area contributed by atoms with Gasteiger partial charge in [-0.1, -0.05) is 28.9 Å². The fourth-order valence-corrected chi connectivity index (χ4v) is 2.47. The molecule has 1 aromatic carbocycles. The van der Waals surface area contributed by atoms with Crippen LogP contribution in [0.4, 0.5) is 0 Å². The number of hydrogen-bond acceptors (Lipinski definition) is 2. The molecule has 0 radical (unpaired) electrons. The van der Waals surface area contributed by atoms with Crippen LogP contribution in [0.2, 0.25) is 0 Å². The molecular formula is C13H18BrNO. The fraction of sp³-hybridized carbons (Fsp3) is 0.538. The smallest absolute Gasteiger partial charge is 0.125 e. The van der Waals surface area contributed by atoms with E-state index >= 15 is 0 Å². The van der Waals surface area contributed by atoms with Crippen LogP contribution in [-0.4, -0.2) is 12.6 Å². The molecular weight excluding hydrogens is 266 g/mol. The molecule has 88 valence electrons. The Kier molecular flexibility index (Phi) is 3.87. The second-order valence-electron chi connectivity index (χ2n) is 4.35. The van der Waals surface area contributed by atoms with Gasteiger partial charge >= 0.3 is 0 Å². The first-order valence-corrected chi connectivity index (χ1v) is 6.69. The topological polar surface area (TPSA) is 21.3 Å². The van der Waals surface area contributed by atoms with Crippen LogP contribution >= 0.6 is 15.9 Å². The second kappa shape index (κ2) is 5.19. The van der Waals surface area contributed by atoms with Gasteiger partial charge in [0.1, 0.15) is 5.75 Å². The van der Waals surface area contributed by atoms with E-state index in [0.717, 1.165) is 29.6 Å². The quantitative estimate of drug-likeness (QED) is 0.914. The van der Waals surface area contributed by atoms with E-state index in [0.29, 0.717) is 6.04 Å². The summed E-state index contributed by atoms with van der Waals surface area (Å²) in [5.41, 5.74) is 1.29. The average molecular weight is 284 g/mol. The van der Waals surface area contributed by atoms with Crippen molar-refractivity contribution in [1.29, 1.82) is 0 Å². The highest BCUT2D eigenvalue weighted by Crippen LogP contribution is 2.36. The van der Waals surface area contributed by atoms with Crippen molar-refractivity contribution in [2.45, 2.75) is 38.8 Å². The highest BCUT2D eigenvalue weighted by atomic mass is 79.9. The lowest BCUT2D eigenvalue weighted by molar-refractivity contribution is 0.166. The van der Waals surface area contributed by atoms with E-state index in [4.69, 9.17) is 4.74 Å². The standard InChI is InChI=1S/C13H18BrNO/c1-3-6-15-12-7-9(2)16-13-8-10(14)4-5-11(12)13/h4-5,8-9,12,15H,3,6-7H2,1-2H3. The number of hydrogen-bond donors (Lipinski definition) is 1. The highest BCUT2D eigenvalue weighted by molar-refractivity contribution is 9.10. The number of fused-ring (bicyclic) bond motifs is 1. The molecule has 2 unspecified atom stereocenters. The molecule has 0 aromatic heterocycles. The molecule has 16 heavy (non-hydrogen) atoms. The van der Waals surface area contributed by atoms with Crippen LogP contribution in [0, 0.1) is 0 Å². The molecule has 0 saturated carbocycles. The molecule has 1 aromatic rings. The minimum Gasteiger partial charge on any atom is -0.490 e. The first-order valence-electron chi connectivity index (χ1n) is 5.90. The van der Waals surface area contributed by atoms with Gasteiger partial charge in [-0.3, -0.25) is 0 Å². The lowest BCUT2D eigenvalue weighted by Gasteiger charge is -2.31. The summed E-state index contributed by atoms with van der Waals surface area (Å²) >= 11 is 3.48. The summed E-state index contributed by atoms with van der Waals surface area (Å²) < 4.78 is 6.93. The van der Waals surface area contributed by atoms with E-state index in [9.17, 15) is 0 Å². The van der Waals surface area contributed by atoms with Gasteiger partial charge in [0, 0.05) is 22.5 Å². The third-order valence-corrected chi connectivity index (χ3v) is 3.38. The molecule has 0 saturated heterocycles. The van der Waals surface area contributed by atoms with Crippen molar-refractivity contribution >= 4 is 15.9 Å². The predicted octanol–water partition coefficient (Wildman–Crippen LogP) is 3.66. The van der Waals surface area contributed by atoms with Crippen molar-refractivity contribution in [1.82, 2.24) is 5.32 Å². The first-order chi connectivity index (χ1) is 7.70. The summed E-state index contributed by atoms with van der Waals surface area (Å²) in [5, 5.41) is 3.58. The second-order valence-corrected chi connectivity index (χ2v) is 5.27. The third-order valence-electron chi connectivity index (χ3n) is 2.89. The van der Waals surface area contributed by atoms with Gasteiger partial charge in [-0.15, -0.1) is 0 Å². The van der Waals surface area contributed by atoms with Gasteiger partial charge in [0.25, 0.3) is 0 Å². The summed E-state index contributed by atoms with van der Waals surface area (Å²) in [6.07, 6.45) is 2.50. The minimum absolute atomic E-state index is 0.288. The monoisotopic (exact) mass is 283 g/mol. The molecule has 3 heteroatoms. The average Bonchev–Trinajstić information content (AvgIpc) is 2.25. The predicted molar refractivity (Wildman–Crippen MR) is 69.9 cm³/mol. The maximum atomic E-state index is 5.85. The summed E-state index contributed by atoms with van der Waals surface area (Å²) in [6, 6.07) is 6.73. The molecule has 0 bridgehead atoms. The van der Waals surface area contributed by atoms with Crippen LogP contribution in [0.3, 0.4) is 0 Å². The largest absolute Gasteiger partial charge is 0.490 e. The van der Waals surface area contributed by atoms with Crippen LogP contribution in [0.5, 0.6) is 5.75 Å². The Morgan fingerprint density at radius 1 is 1.50 bits per heavy atom. The maximum absolute atomic E-state index is 5.85. The Hall–Kier alpha value is -0.540. The van der Waals surface area contributed by atoms with Gasteiger partial charge < -0.3 is 10.1 Å². The number of ether oxygens (including phenoxy) is 1. The van der Waals surface area contributed by atoms with Crippen molar-refractivity contribution in [3.8, 4) is 5.75 Å². The molecule has 0 aliphatic carbocycles. The van der Waals surface area contributed by atoms with Gasteiger partial charge in [-0.2, -0.15) is 0 Å². The molecule has 2 nitrogen and oxygen atoms in total. The summed E-state index contributed by atoms with van der Waals surface area (Å²) in [7, 11) is 0. The molecule has 1 aliphatic rings. The number of rotatable bonds is 3. The van der Waals surface area contributed by atoms with Gasteiger partial charge in [0.15, 0.2) is 0 Å². The lowest BCUT2D eigenvalue weighted by atomic mass is 9.97. The zero-order valence-electron chi connectivity index (χ0n) is 9.79. The Labute approximate surface area is 106 Å². The first kappa shape index (κ1) is 11.9. The van der Waals surface area contributed by atoms with E-state index < -0.39 is 0 Å². The van der Waals surface area contributed by atoms with Crippen LogP contribution < -0.4 is 10.1 Å². The van der Waals surface area contributed by atoms with Crippen molar-refractivity contribution < 1.29 is 4.74 Å². The van der Waals surface area contributed by atoms with E-state index in [1.165, 1.54) is 5.56 Å². The van der Waals surface area contributed by atoms with Crippen molar-refractivity contribution in [2.75, 3.05) is 6.54 Å². The zero-order valence-corrected chi connectivity index (χ0v) is 11.4. The fourth-order valence-electron chi connectivity index (χ4n) is 2.13. The van der Waals surface area contributed by atoms with Crippen LogP contribution in [0.15, 0.2) is 22.7 Å². The van der Waals surface area contributed by atoms with Crippen molar-refractivity contribution in [3.05, 3.63) is 28.2 Å². The normalized spacial score (nSPS) is 23.7. The van der Waals surface area contributed by atoms with Crippen LogP contribution in [0.25, 0.3) is 0 Å². The van der Waals surface area contributed by atoms with Crippen LogP contribution in [-0.2, 0) is 0 Å². The van der Waals surface area contributed by atoms with Crippen molar-refractivity contribution in [3.63, 3.8) is 0 Å². The highest BCUT2D eigenvalue weighted by Gasteiger charge is 2.25. The maximum Gasteiger partial charge on any atom is 0.125 e. The van der Waals surface area contributed by atoms with Crippen molar-refractivity contribution in [2.24, 2.45) is 0 Å². The summed E-state index contributed by atoms with van der Waals surface area (Å²) in [6.45, 7) is 5.38. The van der Waals surface area contributed by atoms with Gasteiger partial charge in [0.05, 0.1) is 6.10 Å². The molecule has 0 spiro atoms. The van der Waals surface area contributed by atoms with Crippen LogP contribution in [0.1, 0.15) is 38.3 Å². The molecule has 2 rings (SSSR count). The van der Waals surface area contributed by atoms with E-state index in [1.54, 1.807) is 0 Å². The molecule has 0 fully saturated rings. The van der Waals surface area contributed by atoms with E-state index in [-0.39, 0.29) is 6.10 Å². The lowest BCUT2D eigenvalue weighted by Crippen LogP contribution is -2.31. The molecule has 1 N–H and O–H groups in total. The van der Waals surface area contributed by atoms with E-state index in [2.05, 4.69) is 53.3 Å². The van der Waals surface area contributed by atoms with Gasteiger partial charge in [-0.05, 0) is 32.0 Å². The molecule has 2 atom stereocenters. The number of benzene rings is 1. The molecule has 1 aliphatic heterocycles. The third kappa shape index (κ3) is 2.58. The van der Waals surface area contributed by atoms with Gasteiger partial charge in [0.2, 0.25) is 0 Å². The Balaban J connectivity index is 2.23. The minimum atomic E-state index is 0.288. The summed E-state index contributed by atoms with van der Waals surface area (Å²) in [5.74, 6) is 1.02. The zero-order chi connectivity index (χ0) is 11.5. The van der Waals surface area contributed by atoms with Gasteiger partial charge in [-0.25, -0.2) is 0 Å². The van der Waals surface area contributed by atoms with E-state index in [1.807, 2.05) is 0 Å². The number of nitrogens with one attached hydrogen (secondary N) is 1. The Morgan fingerprint density at radius 2 is 2.31 bits per heavy atom. The Morgan fingerprint density at radius 3 is 3.06 bits per heavy atom.